The molecule has 3 atom stereocenters. The summed E-state index contributed by atoms with van der Waals surface area (Å²) in [7, 11) is 0. The van der Waals surface area contributed by atoms with Gasteiger partial charge < -0.3 is 10.6 Å². The molecule has 1 fully saturated rings. The summed E-state index contributed by atoms with van der Waals surface area (Å²) < 4.78 is 26.5. The summed E-state index contributed by atoms with van der Waals surface area (Å²) in [5.41, 5.74) is 0.307. The number of nitrogens with one attached hydrogen (secondary N) is 2. The minimum Gasteiger partial charge on any atom is -0.349 e. The second kappa shape index (κ2) is 7.71. The minimum absolute atomic E-state index is 0. The molecule has 1 aliphatic rings. The largest absolute Gasteiger partial charge is 0.349 e. The van der Waals surface area contributed by atoms with Crippen molar-refractivity contribution in [1.29, 1.82) is 0 Å². The van der Waals surface area contributed by atoms with Gasteiger partial charge in [-0.2, -0.15) is 0 Å². The van der Waals surface area contributed by atoms with Crippen LogP contribution in [0.5, 0.6) is 0 Å². The van der Waals surface area contributed by atoms with Crippen LogP contribution in [0.2, 0.25) is 0 Å². The SMILES string of the molecule is CC(NC(=O)[C@H]1CCN[C@@H](C)C1)c1ccc(F)cc1F.Cl. The molecule has 1 saturated heterocycles. The van der Waals surface area contributed by atoms with E-state index in [-0.39, 0.29) is 24.2 Å². The Kier molecular flexibility index (Phi) is 6.55. The molecule has 0 aromatic heterocycles. The number of hydrogen-bond donors (Lipinski definition) is 2. The first kappa shape index (κ1) is 17.9. The molecule has 2 N–H and O–H groups in total. The van der Waals surface area contributed by atoms with E-state index in [0.29, 0.717) is 11.6 Å². The molecule has 21 heavy (non-hydrogen) atoms. The monoisotopic (exact) mass is 318 g/mol. The fourth-order valence-electron chi connectivity index (χ4n) is 2.63. The topological polar surface area (TPSA) is 41.1 Å². The van der Waals surface area contributed by atoms with Crippen LogP contribution in [0.3, 0.4) is 0 Å². The highest BCUT2D eigenvalue weighted by molar-refractivity contribution is 5.85. The van der Waals surface area contributed by atoms with E-state index in [0.717, 1.165) is 25.5 Å². The summed E-state index contributed by atoms with van der Waals surface area (Å²) >= 11 is 0. The van der Waals surface area contributed by atoms with Gasteiger partial charge in [-0.25, -0.2) is 8.78 Å². The van der Waals surface area contributed by atoms with E-state index in [4.69, 9.17) is 0 Å². The highest BCUT2D eigenvalue weighted by Gasteiger charge is 2.26. The average Bonchev–Trinajstić information content (AvgIpc) is 2.38. The number of piperidine rings is 1. The molecule has 1 aromatic carbocycles. The lowest BCUT2D eigenvalue weighted by atomic mass is 9.92. The predicted molar refractivity (Wildman–Crippen MR) is 80.4 cm³/mol. The molecule has 3 nitrogen and oxygen atoms in total. The lowest BCUT2D eigenvalue weighted by Gasteiger charge is -2.28. The first-order chi connectivity index (χ1) is 9.47. The van der Waals surface area contributed by atoms with Crippen molar-refractivity contribution in [2.75, 3.05) is 6.54 Å². The van der Waals surface area contributed by atoms with Crippen molar-refractivity contribution in [3.8, 4) is 0 Å². The molecule has 1 heterocycles. The van der Waals surface area contributed by atoms with Gasteiger partial charge in [-0.05, 0) is 39.3 Å². The normalized spacial score (nSPS) is 23.0. The lowest BCUT2D eigenvalue weighted by molar-refractivity contribution is -0.126. The van der Waals surface area contributed by atoms with Crippen molar-refractivity contribution in [1.82, 2.24) is 10.6 Å². The fraction of sp³-hybridized carbons (Fsp3) is 0.533. The molecule has 1 aliphatic heterocycles. The Morgan fingerprint density at radius 3 is 2.76 bits per heavy atom. The molecular formula is C15H21ClF2N2O. The zero-order chi connectivity index (χ0) is 14.7. The zero-order valence-electron chi connectivity index (χ0n) is 12.2. The molecule has 0 saturated carbocycles. The molecule has 1 amide bonds. The van der Waals surface area contributed by atoms with Crippen LogP contribution in [0.1, 0.15) is 38.3 Å². The van der Waals surface area contributed by atoms with Crippen molar-refractivity contribution in [2.45, 2.75) is 38.8 Å². The maximum atomic E-state index is 13.7. The van der Waals surface area contributed by atoms with Crippen LogP contribution in [0.15, 0.2) is 18.2 Å². The Labute approximate surface area is 129 Å². The van der Waals surface area contributed by atoms with E-state index >= 15 is 0 Å². The molecular weight excluding hydrogens is 298 g/mol. The number of amides is 1. The third kappa shape index (κ3) is 4.64. The van der Waals surface area contributed by atoms with Crippen molar-refractivity contribution in [3.63, 3.8) is 0 Å². The molecule has 0 radical (unpaired) electrons. The van der Waals surface area contributed by atoms with Gasteiger partial charge >= 0.3 is 0 Å². The van der Waals surface area contributed by atoms with Crippen LogP contribution in [0, 0.1) is 17.6 Å². The van der Waals surface area contributed by atoms with Crippen molar-refractivity contribution >= 4 is 18.3 Å². The zero-order valence-corrected chi connectivity index (χ0v) is 13.0. The summed E-state index contributed by atoms with van der Waals surface area (Å²) in [6.07, 6.45) is 1.57. The molecule has 118 valence electrons. The predicted octanol–water partition coefficient (Wildman–Crippen LogP) is 2.95. The molecule has 0 aliphatic carbocycles. The van der Waals surface area contributed by atoms with E-state index in [9.17, 15) is 13.6 Å². The second-order valence-corrected chi connectivity index (χ2v) is 5.47. The maximum absolute atomic E-state index is 13.7. The summed E-state index contributed by atoms with van der Waals surface area (Å²) in [6, 6.07) is 3.27. The Hall–Kier alpha value is -1.20. The van der Waals surface area contributed by atoms with E-state index in [1.54, 1.807) is 6.92 Å². The van der Waals surface area contributed by atoms with Gasteiger partial charge in [0.2, 0.25) is 5.91 Å². The molecule has 1 aromatic rings. The molecule has 6 heteroatoms. The molecule has 1 unspecified atom stereocenters. The Morgan fingerprint density at radius 1 is 1.43 bits per heavy atom. The highest BCUT2D eigenvalue weighted by atomic mass is 35.5. The number of halogens is 3. The maximum Gasteiger partial charge on any atom is 0.223 e. The second-order valence-electron chi connectivity index (χ2n) is 5.47. The van der Waals surface area contributed by atoms with E-state index in [1.807, 2.05) is 6.92 Å². The number of carbonyl (C=O) groups is 1. The summed E-state index contributed by atoms with van der Waals surface area (Å²) in [5, 5.41) is 6.10. The molecule has 0 spiro atoms. The minimum atomic E-state index is -0.628. The molecule has 0 bridgehead atoms. The van der Waals surface area contributed by atoms with Gasteiger partial charge in [-0.3, -0.25) is 4.79 Å². The summed E-state index contributed by atoms with van der Waals surface area (Å²) in [5.74, 6) is -1.35. The first-order valence-electron chi connectivity index (χ1n) is 6.96. The number of hydrogen-bond acceptors (Lipinski definition) is 2. The van der Waals surface area contributed by atoms with Crippen molar-refractivity contribution < 1.29 is 13.6 Å². The third-order valence-electron chi connectivity index (χ3n) is 3.78. The van der Waals surface area contributed by atoms with Gasteiger partial charge in [0.05, 0.1) is 6.04 Å². The number of carbonyl (C=O) groups excluding carboxylic acids is 1. The van der Waals surface area contributed by atoms with Crippen LogP contribution in [0.4, 0.5) is 8.78 Å². The quantitative estimate of drug-likeness (QED) is 0.899. The van der Waals surface area contributed by atoms with Crippen molar-refractivity contribution in [2.24, 2.45) is 5.92 Å². The summed E-state index contributed by atoms with van der Waals surface area (Å²) in [4.78, 5) is 12.2. The van der Waals surface area contributed by atoms with Gasteiger partial charge in [0, 0.05) is 23.6 Å². The number of benzene rings is 1. The van der Waals surface area contributed by atoms with Gasteiger partial charge in [0.25, 0.3) is 0 Å². The van der Waals surface area contributed by atoms with Gasteiger partial charge in [0.1, 0.15) is 11.6 Å². The Morgan fingerprint density at radius 2 is 2.14 bits per heavy atom. The van der Waals surface area contributed by atoms with E-state index in [2.05, 4.69) is 10.6 Å². The smallest absolute Gasteiger partial charge is 0.223 e. The number of rotatable bonds is 3. The van der Waals surface area contributed by atoms with Crippen LogP contribution < -0.4 is 10.6 Å². The standard InChI is InChI=1S/C15H20F2N2O.ClH/c1-9-7-11(5-6-18-9)15(20)19-10(2)13-4-3-12(16)8-14(13)17;/h3-4,8-11,18H,5-7H2,1-2H3,(H,19,20);1H/t9-,10?,11-;/m0./s1. The molecule has 2 rings (SSSR count). The fourth-order valence-corrected chi connectivity index (χ4v) is 2.63. The van der Waals surface area contributed by atoms with Gasteiger partial charge in [-0.15, -0.1) is 12.4 Å². The Balaban J connectivity index is 0.00000220. The highest BCUT2D eigenvalue weighted by Crippen LogP contribution is 2.21. The van der Waals surface area contributed by atoms with Crippen molar-refractivity contribution in [3.05, 3.63) is 35.4 Å². The van der Waals surface area contributed by atoms with E-state index < -0.39 is 17.7 Å². The Bertz CT molecular complexity index is 499. The van der Waals surface area contributed by atoms with E-state index in [1.165, 1.54) is 12.1 Å². The first-order valence-corrected chi connectivity index (χ1v) is 6.96. The van der Waals surface area contributed by atoms with Crippen LogP contribution in [0.25, 0.3) is 0 Å². The van der Waals surface area contributed by atoms with Crippen LogP contribution >= 0.6 is 12.4 Å². The van der Waals surface area contributed by atoms with Gasteiger partial charge in [0.15, 0.2) is 0 Å². The third-order valence-corrected chi connectivity index (χ3v) is 3.78. The van der Waals surface area contributed by atoms with Crippen LogP contribution in [-0.4, -0.2) is 18.5 Å². The van der Waals surface area contributed by atoms with Crippen LogP contribution in [-0.2, 0) is 4.79 Å². The van der Waals surface area contributed by atoms with Gasteiger partial charge in [-0.1, -0.05) is 6.07 Å². The lowest BCUT2D eigenvalue weighted by Crippen LogP contribution is -2.43. The summed E-state index contributed by atoms with van der Waals surface area (Å²) in [6.45, 7) is 4.57. The average molecular weight is 319 g/mol.